The number of nitrogens with zero attached hydrogens (tertiary/aromatic N) is 2. The minimum absolute atomic E-state index is 0.448. The van der Waals surface area contributed by atoms with Gasteiger partial charge in [0.15, 0.2) is 6.35 Å². The van der Waals surface area contributed by atoms with Gasteiger partial charge in [-0.3, -0.25) is 0 Å². The third-order valence-electron chi connectivity index (χ3n) is 4.35. The van der Waals surface area contributed by atoms with E-state index < -0.39 is 6.35 Å². The van der Waals surface area contributed by atoms with Crippen LogP contribution in [0.25, 0.3) is 0 Å². The van der Waals surface area contributed by atoms with Gasteiger partial charge in [-0.25, -0.2) is 0 Å². The standard InChI is InChI=1S/C20H18Cl2N2O2S/c1-13-7-8-16(26-13)12-24-20(25)23(11-14-5-3-2-4-6-14)18-10-15(21)9-17(22)19(18)27-24/h2-10,20,25H,11-12H2,1H3. The lowest BCUT2D eigenvalue weighted by Crippen LogP contribution is -2.47. The lowest BCUT2D eigenvalue weighted by Gasteiger charge is -2.42. The molecule has 4 rings (SSSR count). The molecule has 0 aliphatic carbocycles. The molecule has 140 valence electrons. The summed E-state index contributed by atoms with van der Waals surface area (Å²) in [6, 6.07) is 17.4. The molecule has 0 spiro atoms. The van der Waals surface area contributed by atoms with Crippen molar-refractivity contribution in [2.24, 2.45) is 0 Å². The number of halogens is 2. The number of anilines is 1. The lowest BCUT2D eigenvalue weighted by molar-refractivity contribution is 0.0542. The van der Waals surface area contributed by atoms with Crippen molar-refractivity contribution < 1.29 is 9.52 Å². The van der Waals surface area contributed by atoms with E-state index in [4.69, 9.17) is 27.6 Å². The first-order valence-corrected chi connectivity index (χ1v) is 10.0. The summed E-state index contributed by atoms with van der Waals surface area (Å²) in [5.41, 5.74) is 1.90. The van der Waals surface area contributed by atoms with Crippen LogP contribution in [-0.2, 0) is 13.1 Å². The first kappa shape index (κ1) is 18.7. The van der Waals surface area contributed by atoms with Crippen molar-refractivity contribution in [1.82, 2.24) is 4.31 Å². The van der Waals surface area contributed by atoms with Crippen molar-refractivity contribution in [3.05, 3.63) is 81.7 Å². The molecule has 7 heteroatoms. The Kier molecular flexibility index (Phi) is 5.39. The van der Waals surface area contributed by atoms with Gasteiger partial charge in [-0.2, -0.15) is 4.31 Å². The van der Waals surface area contributed by atoms with Crippen molar-refractivity contribution >= 4 is 40.8 Å². The molecule has 4 nitrogen and oxygen atoms in total. The topological polar surface area (TPSA) is 39.9 Å². The van der Waals surface area contributed by atoms with Gasteiger partial charge >= 0.3 is 0 Å². The van der Waals surface area contributed by atoms with Crippen molar-refractivity contribution in [1.29, 1.82) is 0 Å². The molecule has 1 atom stereocenters. The maximum Gasteiger partial charge on any atom is 0.196 e. The first-order valence-electron chi connectivity index (χ1n) is 8.49. The maximum absolute atomic E-state index is 11.1. The van der Waals surface area contributed by atoms with Crippen LogP contribution in [0.4, 0.5) is 5.69 Å². The molecule has 1 aromatic heterocycles. The van der Waals surface area contributed by atoms with Crippen LogP contribution in [0.1, 0.15) is 17.1 Å². The zero-order valence-electron chi connectivity index (χ0n) is 14.6. The van der Waals surface area contributed by atoms with E-state index in [0.717, 1.165) is 27.7 Å². The third-order valence-corrected chi connectivity index (χ3v) is 6.14. The normalized spacial score (nSPS) is 17.2. The molecule has 1 unspecified atom stereocenters. The van der Waals surface area contributed by atoms with Crippen molar-refractivity contribution in [3.8, 4) is 0 Å². The van der Waals surface area contributed by atoms with Gasteiger partial charge in [0, 0.05) is 11.6 Å². The van der Waals surface area contributed by atoms with Crippen LogP contribution in [0.5, 0.6) is 0 Å². The molecule has 1 aliphatic rings. The number of benzene rings is 2. The molecular formula is C20H18Cl2N2O2S. The summed E-state index contributed by atoms with van der Waals surface area (Å²) in [7, 11) is 0. The molecule has 3 aromatic rings. The average molecular weight is 421 g/mol. The summed E-state index contributed by atoms with van der Waals surface area (Å²) in [5, 5.41) is 12.2. The van der Waals surface area contributed by atoms with Gasteiger partial charge in [-0.15, -0.1) is 0 Å². The molecule has 0 bridgehead atoms. The fraction of sp³-hybridized carbons (Fsp3) is 0.200. The second kappa shape index (κ2) is 7.78. The van der Waals surface area contributed by atoms with Crippen molar-refractivity contribution in [3.63, 3.8) is 0 Å². The predicted octanol–water partition coefficient (Wildman–Crippen LogP) is 5.70. The molecule has 1 N–H and O–H groups in total. The second-order valence-corrected chi connectivity index (χ2v) is 8.28. The second-order valence-electron chi connectivity index (χ2n) is 6.37. The molecule has 0 saturated carbocycles. The summed E-state index contributed by atoms with van der Waals surface area (Å²) in [6.07, 6.45) is -0.859. The Balaban J connectivity index is 1.71. The van der Waals surface area contributed by atoms with Crippen LogP contribution in [0, 0.1) is 6.92 Å². The van der Waals surface area contributed by atoms with Gasteiger partial charge in [-0.05, 0) is 48.7 Å². The highest BCUT2D eigenvalue weighted by atomic mass is 35.5. The van der Waals surface area contributed by atoms with Gasteiger partial charge in [0.05, 0.1) is 22.2 Å². The molecule has 2 heterocycles. The zero-order valence-corrected chi connectivity index (χ0v) is 16.9. The smallest absolute Gasteiger partial charge is 0.196 e. The Morgan fingerprint density at radius 1 is 1.07 bits per heavy atom. The van der Waals surface area contributed by atoms with E-state index in [2.05, 4.69) is 0 Å². The number of rotatable bonds is 4. The zero-order chi connectivity index (χ0) is 19.0. The summed E-state index contributed by atoms with van der Waals surface area (Å²) < 4.78 is 7.54. The molecule has 27 heavy (non-hydrogen) atoms. The van der Waals surface area contributed by atoms with E-state index >= 15 is 0 Å². The minimum Gasteiger partial charge on any atom is -0.465 e. The number of hydrogen-bond acceptors (Lipinski definition) is 5. The number of aliphatic hydroxyl groups excluding tert-OH is 1. The van der Waals surface area contributed by atoms with E-state index in [1.54, 1.807) is 6.07 Å². The van der Waals surface area contributed by atoms with Crippen LogP contribution < -0.4 is 4.90 Å². The van der Waals surface area contributed by atoms with E-state index in [1.165, 1.54) is 11.9 Å². The lowest BCUT2D eigenvalue weighted by atomic mass is 10.2. The number of furan rings is 1. The van der Waals surface area contributed by atoms with E-state index in [1.807, 2.05) is 64.7 Å². The Morgan fingerprint density at radius 2 is 1.85 bits per heavy atom. The molecule has 0 amide bonds. The molecule has 0 fully saturated rings. The van der Waals surface area contributed by atoms with Gasteiger partial charge in [0.2, 0.25) is 0 Å². The molecule has 0 saturated heterocycles. The fourth-order valence-corrected chi connectivity index (χ4v) is 4.72. The van der Waals surface area contributed by atoms with E-state index in [0.29, 0.717) is 23.1 Å². The highest BCUT2D eigenvalue weighted by molar-refractivity contribution is 7.97. The number of fused-ring (bicyclic) bond motifs is 1. The van der Waals surface area contributed by atoms with Gasteiger partial charge in [0.1, 0.15) is 11.5 Å². The number of aliphatic hydroxyl groups is 1. The van der Waals surface area contributed by atoms with Crippen LogP contribution in [0.2, 0.25) is 10.0 Å². The highest BCUT2D eigenvalue weighted by Gasteiger charge is 2.34. The minimum atomic E-state index is -0.859. The Bertz CT molecular complexity index is 948. The third kappa shape index (κ3) is 3.98. The fourth-order valence-electron chi connectivity index (χ4n) is 3.08. The van der Waals surface area contributed by atoms with Crippen molar-refractivity contribution in [2.75, 3.05) is 4.90 Å². The largest absolute Gasteiger partial charge is 0.465 e. The molecule has 2 aromatic carbocycles. The molecular weight excluding hydrogens is 403 g/mol. The summed E-state index contributed by atoms with van der Waals surface area (Å²) in [4.78, 5) is 2.76. The van der Waals surface area contributed by atoms with Crippen LogP contribution >= 0.6 is 35.1 Å². The van der Waals surface area contributed by atoms with Crippen molar-refractivity contribution in [2.45, 2.75) is 31.3 Å². The SMILES string of the molecule is Cc1ccc(CN2Sc3c(Cl)cc(Cl)cc3N(Cc3ccccc3)C2O)o1. The van der Waals surface area contributed by atoms with Crippen LogP contribution in [-0.4, -0.2) is 15.8 Å². The van der Waals surface area contributed by atoms with Gasteiger partial charge in [0.25, 0.3) is 0 Å². The summed E-state index contributed by atoms with van der Waals surface area (Å²) in [6.45, 7) is 2.88. The van der Waals surface area contributed by atoms with Gasteiger partial charge in [-0.1, -0.05) is 53.5 Å². The van der Waals surface area contributed by atoms with Gasteiger partial charge < -0.3 is 14.4 Å². The Labute approximate surface area is 172 Å². The predicted molar refractivity (Wildman–Crippen MR) is 110 cm³/mol. The number of aryl methyl sites for hydroxylation is 1. The van der Waals surface area contributed by atoms with E-state index in [-0.39, 0.29) is 0 Å². The highest BCUT2D eigenvalue weighted by Crippen LogP contribution is 2.46. The Hall–Kier alpha value is -1.63. The first-order chi connectivity index (χ1) is 13.0. The van der Waals surface area contributed by atoms with Crippen LogP contribution in [0.3, 0.4) is 0 Å². The average Bonchev–Trinajstić information content (AvgIpc) is 3.05. The quantitative estimate of drug-likeness (QED) is 0.548. The number of hydrogen-bond donors (Lipinski definition) is 1. The summed E-state index contributed by atoms with van der Waals surface area (Å²) in [5.74, 6) is 1.63. The summed E-state index contributed by atoms with van der Waals surface area (Å²) >= 11 is 14.1. The maximum atomic E-state index is 11.1. The van der Waals surface area contributed by atoms with Crippen LogP contribution in [0.15, 0.2) is 63.9 Å². The monoisotopic (exact) mass is 420 g/mol. The Morgan fingerprint density at radius 3 is 2.56 bits per heavy atom. The molecule has 1 aliphatic heterocycles. The molecule has 0 radical (unpaired) electrons. The van der Waals surface area contributed by atoms with E-state index in [9.17, 15) is 5.11 Å².